The maximum absolute atomic E-state index is 5.87. The van der Waals surface area contributed by atoms with Crippen LogP contribution in [0.1, 0.15) is 0 Å². The number of benzene rings is 2. The van der Waals surface area contributed by atoms with Crippen molar-refractivity contribution in [2.75, 3.05) is 11.1 Å². The summed E-state index contributed by atoms with van der Waals surface area (Å²) in [7, 11) is 0. The predicted molar refractivity (Wildman–Crippen MR) is 80.0 cm³/mol. The highest BCUT2D eigenvalue weighted by Gasteiger charge is 2.09. The van der Waals surface area contributed by atoms with E-state index in [2.05, 4.69) is 15.6 Å². The zero-order valence-corrected chi connectivity index (χ0v) is 10.8. The summed E-state index contributed by atoms with van der Waals surface area (Å²) in [5.74, 6) is 0. The van der Waals surface area contributed by atoms with Crippen molar-refractivity contribution in [1.82, 2.24) is 15.0 Å². The second-order valence-electron chi connectivity index (χ2n) is 4.01. The summed E-state index contributed by atoms with van der Waals surface area (Å²) >= 11 is 5.34. The van der Waals surface area contributed by atoms with Crippen molar-refractivity contribution in [3.05, 3.63) is 48.5 Å². The lowest BCUT2D eigenvalue weighted by Crippen LogP contribution is -2.21. The number of para-hydroxylation sites is 3. The van der Waals surface area contributed by atoms with Crippen LogP contribution >= 0.6 is 12.2 Å². The molecule has 0 aliphatic heterocycles. The van der Waals surface area contributed by atoms with Crippen LogP contribution in [0, 0.1) is 0 Å². The summed E-state index contributed by atoms with van der Waals surface area (Å²) in [6, 6.07) is 15.1. The number of hydrogen-bond acceptors (Lipinski definition) is 4. The fourth-order valence-corrected chi connectivity index (χ4v) is 2.04. The van der Waals surface area contributed by atoms with Crippen molar-refractivity contribution in [2.24, 2.45) is 0 Å². The molecule has 0 fully saturated rings. The molecule has 3 rings (SSSR count). The number of nitrogens with zero attached hydrogens (tertiary/aromatic N) is 3. The second kappa shape index (κ2) is 4.66. The molecule has 0 saturated carbocycles. The first-order chi connectivity index (χ1) is 9.25. The van der Waals surface area contributed by atoms with Gasteiger partial charge in [0.05, 0.1) is 16.9 Å². The molecule has 0 bridgehead atoms. The van der Waals surface area contributed by atoms with E-state index < -0.39 is 0 Å². The third kappa shape index (κ3) is 2.13. The molecule has 3 N–H and O–H groups in total. The molecular formula is C13H11N5S. The Labute approximate surface area is 115 Å². The van der Waals surface area contributed by atoms with E-state index in [0.29, 0.717) is 10.8 Å². The first-order valence-electron chi connectivity index (χ1n) is 5.72. The smallest absolute Gasteiger partial charge is 0.200 e. The third-order valence-electron chi connectivity index (χ3n) is 2.75. The van der Waals surface area contributed by atoms with Gasteiger partial charge in [0.15, 0.2) is 0 Å². The van der Waals surface area contributed by atoms with E-state index in [4.69, 9.17) is 18.0 Å². The molecule has 0 spiro atoms. The van der Waals surface area contributed by atoms with Crippen LogP contribution in [0.25, 0.3) is 11.0 Å². The van der Waals surface area contributed by atoms with Crippen molar-refractivity contribution in [3.8, 4) is 0 Å². The van der Waals surface area contributed by atoms with Crippen LogP contribution in [-0.2, 0) is 0 Å². The summed E-state index contributed by atoms with van der Waals surface area (Å²) in [6.45, 7) is 0. The van der Waals surface area contributed by atoms with Crippen molar-refractivity contribution < 1.29 is 0 Å². The van der Waals surface area contributed by atoms with Crippen molar-refractivity contribution in [1.29, 1.82) is 0 Å². The molecule has 6 heteroatoms. The van der Waals surface area contributed by atoms with Crippen LogP contribution in [0.5, 0.6) is 0 Å². The molecule has 0 unspecified atom stereocenters. The lowest BCUT2D eigenvalue weighted by Gasteiger charge is -2.09. The van der Waals surface area contributed by atoms with Crippen LogP contribution < -0.4 is 11.1 Å². The molecule has 0 atom stereocenters. The van der Waals surface area contributed by atoms with Crippen LogP contribution in [0.3, 0.4) is 0 Å². The highest BCUT2D eigenvalue weighted by atomic mass is 32.1. The number of nitrogens with two attached hydrogens (primary N) is 1. The van der Waals surface area contributed by atoms with Crippen LogP contribution in [0.4, 0.5) is 11.4 Å². The first-order valence-corrected chi connectivity index (χ1v) is 6.13. The predicted octanol–water partition coefficient (Wildman–Crippen LogP) is 2.26. The Kier molecular flexibility index (Phi) is 2.85. The normalized spacial score (nSPS) is 10.5. The fraction of sp³-hybridized carbons (Fsp3) is 0. The first kappa shape index (κ1) is 11.6. The van der Waals surface area contributed by atoms with Gasteiger partial charge in [0.25, 0.3) is 0 Å². The summed E-state index contributed by atoms with van der Waals surface area (Å²) in [5, 5.41) is 11.6. The Balaban J connectivity index is 1.95. The number of nitrogens with one attached hydrogen (secondary N) is 1. The van der Waals surface area contributed by atoms with Crippen LogP contribution in [-0.4, -0.2) is 20.1 Å². The Hall–Kier alpha value is -2.47. The molecule has 94 valence electrons. The van der Waals surface area contributed by atoms with Gasteiger partial charge >= 0.3 is 0 Å². The highest BCUT2D eigenvalue weighted by molar-refractivity contribution is 7.80. The Morgan fingerprint density at radius 1 is 1.11 bits per heavy atom. The highest BCUT2D eigenvalue weighted by Crippen LogP contribution is 2.18. The number of rotatable bonds is 1. The van der Waals surface area contributed by atoms with Crippen molar-refractivity contribution in [2.45, 2.75) is 0 Å². The molecule has 0 aliphatic carbocycles. The van der Waals surface area contributed by atoms with Gasteiger partial charge in [-0.15, -0.1) is 5.10 Å². The minimum Gasteiger partial charge on any atom is -0.397 e. The van der Waals surface area contributed by atoms with Gasteiger partial charge in [0.2, 0.25) is 5.11 Å². The number of anilines is 2. The molecule has 0 amide bonds. The quantitative estimate of drug-likeness (QED) is 0.524. The van der Waals surface area contributed by atoms with Gasteiger partial charge < -0.3 is 11.1 Å². The second-order valence-corrected chi connectivity index (χ2v) is 4.39. The van der Waals surface area contributed by atoms with E-state index >= 15 is 0 Å². The van der Waals surface area contributed by atoms with E-state index in [1.807, 2.05) is 48.5 Å². The molecule has 19 heavy (non-hydrogen) atoms. The maximum Gasteiger partial charge on any atom is 0.200 e. The van der Waals surface area contributed by atoms with Gasteiger partial charge in [0.1, 0.15) is 5.52 Å². The number of nitrogen functional groups attached to an aromatic ring is 1. The van der Waals surface area contributed by atoms with Crippen LogP contribution in [0.15, 0.2) is 48.5 Å². The fourth-order valence-electron chi connectivity index (χ4n) is 1.80. The summed E-state index contributed by atoms with van der Waals surface area (Å²) in [6.07, 6.45) is 0. The number of aromatic nitrogens is 3. The molecule has 5 nitrogen and oxygen atoms in total. The Morgan fingerprint density at radius 2 is 1.84 bits per heavy atom. The lowest BCUT2D eigenvalue weighted by molar-refractivity contribution is 0.870. The van der Waals surface area contributed by atoms with E-state index in [1.54, 1.807) is 4.68 Å². The molecular weight excluding hydrogens is 258 g/mol. The average Bonchev–Trinajstić information content (AvgIpc) is 2.85. The van der Waals surface area contributed by atoms with Gasteiger partial charge in [-0.1, -0.05) is 29.5 Å². The summed E-state index contributed by atoms with van der Waals surface area (Å²) < 4.78 is 1.58. The Morgan fingerprint density at radius 3 is 2.68 bits per heavy atom. The third-order valence-corrected chi connectivity index (χ3v) is 3.02. The maximum atomic E-state index is 5.87. The van der Waals surface area contributed by atoms with Crippen molar-refractivity contribution >= 4 is 39.7 Å². The van der Waals surface area contributed by atoms with Crippen molar-refractivity contribution in [3.63, 3.8) is 0 Å². The minimum atomic E-state index is 0.437. The number of thiocarbonyl (C=S) groups is 1. The van der Waals surface area contributed by atoms with E-state index in [1.165, 1.54) is 0 Å². The van der Waals surface area contributed by atoms with Gasteiger partial charge in [-0.05, 0) is 36.5 Å². The monoisotopic (exact) mass is 269 g/mol. The summed E-state index contributed by atoms with van der Waals surface area (Å²) in [5.41, 5.74) is 8.91. The molecule has 0 radical (unpaired) electrons. The lowest BCUT2D eigenvalue weighted by atomic mass is 10.3. The zero-order chi connectivity index (χ0) is 13.2. The molecule has 3 aromatic rings. The van der Waals surface area contributed by atoms with Gasteiger partial charge in [-0.2, -0.15) is 4.68 Å². The molecule has 1 heterocycles. The van der Waals surface area contributed by atoms with E-state index in [0.717, 1.165) is 16.7 Å². The topological polar surface area (TPSA) is 68.8 Å². The largest absolute Gasteiger partial charge is 0.397 e. The van der Waals surface area contributed by atoms with Gasteiger partial charge in [-0.25, -0.2) is 0 Å². The van der Waals surface area contributed by atoms with Gasteiger partial charge in [0, 0.05) is 0 Å². The molecule has 2 aromatic carbocycles. The zero-order valence-electron chi connectivity index (χ0n) is 9.95. The van der Waals surface area contributed by atoms with E-state index in [-0.39, 0.29) is 0 Å². The molecule has 0 saturated heterocycles. The minimum absolute atomic E-state index is 0.437. The van der Waals surface area contributed by atoms with E-state index in [9.17, 15) is 0 Å². The molecule has 0 aliphatic rings. The number of fused-ring (bicyclic) bond motifs is 1. The number of hydrogen-bond donors (Lipinski definition) is 2. The standard InChI is InChI=1S/C13H11N5S/c14-9-5-1-2-6-10(9)15-13(19)18-12-8-4-3-7-11(12)16-17-18/h1-8H,14H2,(H,15,19). The molecule has 1 aromatic heterocycles. The SMILES string of the molecule is Nc1ccccc1NC(=S)n1nnc2ccccc21. The summed E-state index contributed by atoms with van der Waals surface area (Å²) in [4.78, 5) is 0. The van der Waals surface area contributed by atoms with Crippen LogP contribution in [0.2, 0.25) is 0 Å². The van der Waals surface area contributed by atoms with Gasteiger partial charge in [-0.3, -0.25) is 0 Å². The average molecular weight is 269 g/mol. The Bertz CT molecular complexity index is 749.